The molecule has 0 spiro atoms. The lowest BCUT2D eigenvalue weighted by atomic mass is 10.0. The molecule has 0 fully saturated rings. The molecule has 1 nitrogen and oxygen atoms in total. The molecule has 1 aromatic carbocycles. The first-order chi connectivity index (χ1) is 6.24. The highest BCUT2D eigenvalue weighted by atomic mass is 19.1. The number of halogens is 1. The zero-order valence-electron chi connectivity index (χ0n) is 7.96. The third-order valence-corrected chi connectivity index (χ3v) is 2.10. The Balaban J connectivity index is 2.58. The van der Waals surface area contributed by atoms with Gasteiger partial charge in [-0.25, -0.2) is 4.39 Å². The molecule has 2 heteroatoms. The van der Waals surface area contributed by atoms with Crippen LogP contribution in [0.2, 0.25) is 0 Å². The summed E-state index contributed by atoms with van der Waals surface area (Å²) < 4.78 is 13.1. The van der Waals surface area contributed by atoms with Crippen molar-refractivity contribution >= 4 is 0 Å². The van der Waals surface area contributed by atoms with Gasteiger partial charge in [-0.2, -0.15) is 0 Å². The zero-order chi connectivity index (χ0) is 9.68. The van der Waals surface area contributed by atoms with Crippen molar-refractivity contribution in [2.45, 2.75) is 32.2 Å². The van der Waals surface area contributed by atoms with Crippen LogP contribution >= 0.6 is 0 Å². The molecule has 13 heavy (non-hydrogen) atoms. The lowest BCUT2D eigenvalue weighted by molar-refractivity contribution is 0.561. The molecule has 0 bridgehead atoms. The topological polar surface area (TPSA) is 26.0 Å². The van der Waals surface area contributed by atoms with Crippen LogP contribution in [0.25, 0.3) is 0 Å². The van der Waals surface area contributed by atoms with Crippen molar-refractivity contribution in [1.82, 2.24) is 0 Å². The molecule has 0 saturated heterocycles. The summed E-state index contributed by atoms with van der Waals surface area (Å²) in [6, 6.07) is 6.90. The van der Waals surface area contributed by atoms with Gasteiger partial charge >= 0.3 is 0 Å². The van der Waals surface area contributed by atoms with E-state index in [2.05, 4.69) is 6.92 Å². The van der Waals surface area contributed by atoms with E-state index in [4.69, 9.17) is 5.73 Å². The van der Waals surface area contributed by atoms with Crippen LogP contribution in [0, 0.1) is 5.82 Å². The van der Waals surface area contributed by atoms with E-state index in [1.165, 1.54) is 6.07 Å². The van der Waals surface area contributed by atoms with Crippen LogP contribution in [0.15, 0.2) is 24.3 Å². The Bertz CT molecular complexity index is 260. The van der Waals surface area contributed by atoms with E-state index in [-0.39, 0.29) is 11.9 Å². The second kappa shape index (κ2) is 4.97. The van der Waals surface area contributed by atoms with Crippen molar-refractivity contribution in [3.8, 4) is 0 Å². The molecule has 0 heterocycles. The Kier molecular flexibility index (Phi) is 3.90. The van der Waals surface area contributed by atoms with Gasteiger partial charge in [0.15, 0.2) is 0 Å². The first kappa shape index (κ1) is 10.2. The zero-order valence-corrected chi connectivity index (χ0v) is 7.96. The highest BCUT2D eigenvalue weighted by Crippen LogP contribution is 2.10. The standard InChI is InChI=1S/C11H16FN/c1-2-5-10(13)8-9-6-3-4-7-11(9)12/h3-4,6-7,10H,2,5,8,13H2,1H3/t10-/m0/s1. The summed E-state index contributed by atoms with van der Waals surface area (Å²) in [7, 11) is 0. The van der Waals surface area contributed by atoms with Gasteiger partial charge in [-0.3, -0.25) is 0 Å². The molecule has 0 aliphatic heterocycles. The van der Waals surface area contributed by atoms with Crippen LogP contribution in [-0.2, 0) is 6.42 Å². The largest absolute Gasteiger partial charge is 0.327 e. The second-order valence-corrected chi connectivity index (χ2v) is 3.34. The van der Waals surface area contributed by atoms with Crippen molar-refractivity contribution in [3.05, 3.63) is 35.6 Å². The van der Waals surface area contributed by atoms with Crippen molar-refractivity contribution in [1.29, 1.82) is 0 Å². The van der Waals surface area contributed by atoms with Crippen LogP contribution in [-0.4, -0.2) is 6.04 Å². The van der Waals surface area contributed by atoms with E-state index >= 15 is 0 Å². The summed E-state index contributed by atoms with van der Waals surface area (Å²) in [4.78, 5) is 0. The summed E-state index contributed by atoms with van der Waals surface area (Å²) in [6.07, 6.45) is 2.64. The lowest BCUT2D eigenvalue weighted by Crippen LogP contribution is -2.22. The van der Waals surface area contributed by atoms with Crippen molar-refractivity contribution in [2.24, 2.45) is 5.73 Å². The average molecular weight is 181 g/mol. The minimum absolute atomic E-state index is 0.0851. The number of nitrogens with two attached hydrogens (primary N) is 1. The second-order valence-electron chi connectivity index (χ2n) is 3.34. The maximum atomic E-state index is 13.1. The Hall–Kier alpha value is -0.890. The first-order valence-electron chi connectivity index (χ1n) is 4.73. The first-order valence-corrected chi connectivity index (χ1v) is 4.73. The average Bonchev–Trinajstić information content (AvgIpc) is 2.09. The van der Waals surface area contributed by atoms with Crippen LogP contribution in [0.4, 0.5) is 4.39 Å². The fourth-order valence-corrected chi connectivity index (χ4v) is 1.42. The van der Waals surface area contributed by atoms with Gasteiger partial charge in [0.25, 0.3) is 0 Å². The predicted molar refractivity (Wildman–Crippen MR) is 53.0 cm³/mol. The van der Waals surface area contributed by atoms with Crippen molar-refractivity contribution < 1.29 is 4.39 Å². The quantitative estimate of drug-likeness (QED) is 0.758. The molecular weight excluding hydrogens is 165 g/mol. The fourth-order valence-electron chi connectivity index (χ4n) is 1.42. The molecule has 0 aliphatic carbocycles. The molecular formula is C11H16FN. The minimum Gasteiger partial charge on any atom is -0.327 e. The number of benzene rings is 1. The molecule has 0 saturated carbocycles. The molecule has 0 unspecified atom stereocenters. The maximum absolute atomic E-state index is 13.1. The SMILES string of the molecule is CCC[C@H](N)Cc1ccccc1F. The Labute approximate surface area is 78.8 Å². The van der Waals surface area contributed by atoms with Gasteiger partial charge in [-0.1, -0.05) is 31.5 Å². The van der Waals surface area contributed by atoms with Gasteiger partial charge < -0.3 is 5.73 Å². The summed E-state index contributed by atoms with van der Waals surface area (Å²) in [5.74, 6) is -0.144. The van der Waals surface area contributed by atoms with Gasteiger partial charge in [-0.15, -0.1) is 0 Å². The summed E-state index contributed by atoms with van der Waals surface area (Å²) in [5, 5.41) is 0. The normalized spacial score (nSPS) is 12.8. The molecule has 72 valence electrons. The Morgan fingerprint density at radius 1 is 1.38 bits per heavy atom. The smallest absolute Gasteiger partial charge is 0.126 e. The van der Waals surface area contributed by atoms with Crippen molar-refractivity contribution in [3.63, 3.8) is 0 Å². The van der Waals surface area contributed by atoms with Crippen LogP contribution in [0.3, 0.4) is 0 Å². The molecule has 1 aromatic rings. The van der Waals surface area contributed by atoms with E-state index in [1.807, 2.05) is 6.07 Å². The van der Waals surface area contributed by atoms with E-state index < -0.39 is 0 Å². The summed E-state index contributed by atoms with van der Waals surface area (Å²) in [6.45, 7) is 2.08. The monoisotopic (exact) mass is 181 g/mol. The minimum atomic E-state index is -0.144. The van der Waals surface area contributed by atoms with Gasteiger partial charge in [0, 0.05) is 6.04 Å². The molecule has 1 rings (SSSR count). The van der Waals surface area contributed by atoms with Crippen LogP contribution in [0.5, 0.6) is 0 Å². The van der Waals surface area contributed by atoms with Gasteiger partial charge in [0.2, 0.25) is 0 Å². The van der Waals surface area contributed by atoms with E-state index in [0.717, 1.165) is 18.4 Å². The fraction of sp³-hybridized carbons (Fsp3) is 0.455. The number of hydrogen-bond acceptors (Lipinski definition) is 1. The summed E-state index contributed by atoms with van der Waals surface area (Å²) >= 11 is 0. The molecule has 0 aromatic heterocycles. The summed E-state index contributed by atoms with van der Waals surface area (Å²) in [5.41, 5.74) is 6.54. The third kappa shape index (κ3) is 3.15. The van der Waals surface area contributed by atoms with Crippen LogP contribution < -0.4 is 5.73 Å². The molecule has 1 atom stereocenters. The highest BCUT2D eigenvalue weighted by molar-refractivity contribution is 5.18. The Morgan fingerprint density at radius 3 is 2.69 bits per heavy atom. The highest BCUT2D eigenvalue weighted by Gasteiger charge is 2.06. The maximum Gasteiger partial charge on any atom is 0.126 e. The molecule has 0 amide bonds. The van der Waals surface area contributed by atoms with Gasteiger partial charge in [0.05, 0.1) is 0 Å². The third-order valence-electron chi connectivity index (χ3n) is 2.10. The van der Waals surface area contributed by atoms with Crippen molar-refractivity contribution in [2.75, 3.05) is 0 Å². The number of rotatable bonds is 4. The van der Waals surface area contributed by atoms with Gasteiger partial charge in [0.1, 0.15) is 5.82 Å². The molecule has 0 radical (unpaired) electrons. The predicted octanol–water partition coefficient (Wildman–Crippen LogP) is 2.50. The van der Waals surface area contributed by atoms with E-state index in [9.17, 15) is 4.39 Å². The van der Waals surface area contributed by atoms with Crippen LogP contribution in [0.1, 0.15) is 25.3 Å². The van der Waals surface area contributed by atoms with E-state index in [1.54, 1.807) is 12.1 Å². The molecule has 2 N–H and O–H groups in total. The number of hydrogen-bond donors (Lipinski definition) is 1. The Morgan fingerprint density at radius 2 is 2.08 bits per heavy atom. The van der Waals surface area contributed by atoms with E-state index in [0.29, 0.717) is 6.42 Å². The molecule has 0 aliphatic rings. The lowest BCUT2D eigenvalue weighted by Gasteiger charge is -2.10. The van der Waals surface area contributed by atoms with Gasteiger partial charge in [-0.05, 0) is 24.5 Å².